The predicted molar refractivity (Wildman–Crippen MR) is 158 cm³/mol. The van der Waals surface area contributed by atoms with Crippen LogP contribution in [-0.2, 0) is 25.5 Å². The Labute approximate surface area is 249 Å². The first-order valence-corrected chi connectivity index (χ1v) is 14.6. The van der Waals surface area contributed by atoms with Crippen molar-refractivity contribution in [1.82, 2.24) is 31.2 Å². The van der Waals surface area contributed by atoms with Crippen LogP contribution in [-0.4, -0.2) is 86.5 Å². The summed E-state index contributed by atoms with van der Waals surface area (Å²) in [6, 6.07) is -3.52. The number of alkyl carbamates (subject to hydrolysis) is 1. The van der Waals surface area contributed by atoms with Crippen LogP contribution in [0.25, 0.3) is 0 Å². The summed E-state index contributed by atoms with van der Waals surface area (Å²) in [7, 11) is 0. The van der Waals surface area contributed by atoms with Gasteiger partial charge in [0.15, 0.2) is 0 Å². The maximum absolute atomic E-state index is 13.4. The van der Waals surface area contributed by atoms with E-state index >= 15 is 0 Å². The van der Waals surface area contributed by atoms with E-state index in [-0.39, 0.29) is 30.7 Å². The topological polar surface area (TPSA) is 195 Å². The maximum Gasteiger partial charge on any atom is 0.408 e. The number of imidazole rings is 1. The Morgan fingerprint density at radius 2 is 1.52 bits per heavy atom. The van der Waals surface area contributed by atoms with E-state index < -0.39 is 59.7 Å². The Balaban J connectivity index is 3.05. The molecule has 42 heavy (non-hydrogen) atoms. The first-order chi connectivity index (χ1) is 19.4. The second-order valence-electron chi connectivity index (χ2n) is 13.0. The Hall–Kier alpha value is -3.19. The monoisotopic (exact) mass is 596 g/mol. The SMILES string of the molecule is CC(C)C[C@H](NCC(O)[C@H](CC(C)C)NC(=O)[C@H](Cc1cnc[nH]1)NC(=O)OC(C)(C)C)C(=O)N[C@@H](C(=O)O)C(C)C. The summed E-state index contributed by atoms with van der Waals surface area (Å²) in [4.78, 5) is 57.5. The number of hydrogen-bond acceptors (Lipinski definition) is 8. The Morgan fingerprint density at radius 3 is 2.00 bits per heavy atom. The van der Waals surface area contributed by atoms with Crippen LogP contribution < -0.4 is 21.3 Å². The molecule has 7 N–H and O–H groups in total. The van der Waals surface area contributed by atoms with E-state index in [1.54, 1.807) is 40.8 Å². The van der Waals surface area contributed by atoms with E-state index in [1.165, 1.54) is 6.33 Å². The number of carbonyl (C=O) groups is 4. The zero-order chi connectivity index (χ0) is 32.2. The number of carbonyl (C=O) groups excluding carboxylic acids is 3. The quantitative estimate of drug-likeness (QED) is 0.141. The van der Waals surface area contributed by atoms with Gasteiger partial charge in [-0.05, 0) is 51.4 Å². The van der Waals surface area contributed by atoms with Crippen molar-refractivity contribution >= 4 is 23.9 Å². The average Bonchev–Trinajstić information content (AvgIpc) is 3.34. The van der Waals surface area contributed by atoms with Gasteiger partial charge in [0, 0.05) is 24.9 Å². The Kier molecular flexibility index (Phi) is 15.0. The van der Waals surface area contributed by atoms with Crippen molar-refractivity contribution in [2.75, 3.05) is 6.54 Å². The fourth-order valence-electron chi connectivity index (χ4n) is 4.31. The summed E-state index contributed by atoms with van der Waals surface area (Å²) < 4.78 is 5.34. The molecule has 13 heteroatoms. The molecule has 1 rings (SSSR count). The van der Waals surface area contributed by atoms with Crippen LogP contribution in [0.3, 0.4) is 0 Å². The molecule has 13 nitrogen and oxygen atoms in total. The van der Waals surface area contributed by atoms with Crippen molar-refractivity contribution in [2.45, 2.75) is 117 Å². The van der Waals surface area contributed by atoms with Crippen molar-refractivity contribution in [3.05, 3.63) is 18.2 Å². The summed E-state index contributed by atoms with van der Waals surface area (Å²) >= 11 is 0. The average molecular weight is 597 g/mol. The molecular weight excluding hydrogens is 544 g/mol. The third-order valence-electron chi connectivity index (χ3n) is 6.33. The number of rotatable bonds is 17. The zero-order valence-electron chi connectivity index (χ0n) is 26.5. The lowest BCUT2D eigenvalue weighted by atomic mass is 9.97. The minimum atomic E-state index is -1.12. The number of nitrogens with one attached hydrogen (secondary N) is 5. The van der Waals surface area contributed by atoms with Gasteiger partial charge in [0.1, 0.15) is 17.7 Å². The number of amides is 3. The molecule has 5 atom stereocenters. The van der Waals surface area contributed by atoms with Crippen LogP contribution in [0.2, 0.25) is 0 Å². The summed E-state index contributed by atoms with van der Waals surface area (Å²) in [5.74, 6) is -2.20. The van der Waals surface area contributed by atoms with Crippen LogP contribution in [0.15, 0.2) is 12.5 Å². The Bertz CT molecular complexity index is 991. The largest absolute Gasteiger partial charge is 0.480 e. The summed E-state index contributed by atoms with van der Waals surface area (Å²) in [6.45, 7) is 16.3. The molecule has 0 aliphatic heterocycles. The van der Waals surface area contributed by atoms with Crippen molar-refractivity contribution in [1.29, 1.82) is 0 Å². The van der Waals surface area contributed by atoms with E-state index in [9.17, 15) is 29.4 Å². The number of aromatic nitrogens is 2. The van der Waals surface area contributed by atoms with Crippen LogP contribution in [0.1, 0.15) is 80.8 Å². The molecule has 240 valence electrons. The third kappa shape index (κ3) is 14.1. The molecule has 0 radical (unpaired) electrons. The molecule has 0 spiro atoms. The number of aliphatic carboxylic acids is 1. The first kappa shape index (κ1) is 36.8. The van der Waals surface area contributed by atoms with Gasteiger partial charge in [-0.2, -0.15) is 0 Å². The lowest BCUT2D eigenvalue weighted by Crippen LogP contribution is -2.57. The van der Waals surface area contributed by atoms with E-state index in [0.717, 1.165) is 0 Å². The highest BCUT2D eigenvalue weighted by Crippen LogP contribution is 2.13. The van der Waals surface area contributed by atoms with Crippen LogP contribution in [0, 0.1) is 17.8 Å². The van der Waals surface area contributed by atoms with Gasteiger partial charge in [-0.3, -0.25) is 9.59 Å². The molecular formula is C29H52N6O7. The van der Waals surface area contributed by atoms with Gasteiger partial charge in [-0.25, -0.2) is 14.6 Å². The summed E-state index contributed by atoms with van der Waals surface area (Å²) in [5, 5.41) is 31.8. The number of hydrogen-bond donors (Lipinski definition) is 7. The van der Waals surface area contributed by atoms with Gasteiger partial charge in [0.25, 0.3) is 0 Å². The fraction of sp³-hybridized carbons (Fsp3) is 0.759. The standard InChI is InChI=1S/C29H52N6O7/c1-16(2)10-20(23(36)14-31-21(11-17(3)4)25(37)35-24(18(5)6)27(39)40)33-26(38)22(12-19-13-30-15-32-19)34-28(41)42-29(7,8)9/h13,15-18,20-24,31,36H,10-12,14H2,1-9H3,(H,30,32)(H,33,38)(H,34,41)(H,35,37)(H,39,40)/t20-,21-,22-,23?,24+/m0/s1. The molecule has 0 saturated carbocycles. The van der Waals surface area contributed by atoms with E-state index in [1.807, 2.05) is 27.7 Å². The fourth-order valence-corrected chi connectivity index (χ4v) is 4.31. The molecule has 3 amide bonds. The number of carboxylic acids is 1. The van der Waals surface area contributed by atoms with Gasteiger partial charge in [0.05, 0.1) is 24.5 Å². The number of nitrogens with zero attached hydrogens (tertiary/aromatic N) is 1. The van der Waals surface area contributed by atoms with Crippen molar-refractivity contribution in [3.8, 4) is 0 Å². The molecule has 0 fully saturated rings. The normalized spacial score (nSPS) is 15.5. The number of ether oxygens (including phenoxy) is 1. The van der Waals surface area contributed by atoms with Crippen molar-refractivity contribution < 1.29 is 34.1 Å². The molecule has 1 aromatic rings. The molecule has 1 heterocycles. The molecule has 0 bridgehead atoms. The zero-order valence-corrected chi connectivity index (χ0v) is 26.5. The molecule has 0 saturated heterocycles. The predicted octanol–water partition coefficient (Wildman–Crippen LogP) is 1.97. The minimum Gasteiger partial charge on any atom is -0.480 e. The smallest absolute Gasteiger partial charge is 0.408 e. The number of aromatic amines is 1. The number of carboxylic acid groups (broad SMARTS) is 1. The van der Waals surface area contributed by atoms with E-state index in [0.29, 0.717) is 18.5 Å². The molecule has 1 unspecified atom stereocenters. The molecule has 0 aliphatic rings. The molecule has 1 aromatic heterocycles. The van der Waals surface area contributed by atoms with E-state index in [2.05, 4.69) is 31.2 Å². The third-order valence-corrected chi connectivity index (χ3v) is 6.33. The van der Waals surface area contributed by atoms with Crippen molar-refractivity contribution in [2.24, 2.45) is 17.8 Å². The van der Waals surface area contributed by atoms with Crippen LogP contribution in [0.5, 0.6) is 0 Å². The molecule has 0 aromatic carbocycles. The lowest BCUT2D eigenvalue weighted by Gasteiger charge is -2.30. The Morgan fingerprint density at radius 1 is 0.929 bits per heavy atom. The number of H-pyrrole nitrogens is 1. The summed E-state index contributed by atoms with van der Waals surface area (Å²) in [5.41, 5.74) is -0.142. The number of aliphatic hydroxyl groups excluding tert-OH is 1. The second-order valence-corrected chi connectivity index (χ2v) is 13.0. The van der Waals surface area contributed by atoms with Gasteiger partial charge >= 0.3 is 12.1 Å². The van der Waals surface area contributed by atoms with Gasteiger partial charge < -0.3 is 41.2 Å². The maximum atomic E-state index is 13.4. The second kappa shape index (κ2) is 17.1. The highest BCUT2D eigenvalue weighted by Gasteiger charge is 2.32. The van der Waals surface area contributed by atoms with Gasteiger partial charge in [-0.15, -0.1) is 0 Å². The van der Waals surface area contributed by atoms with Crippen LogP contribution in [0.4, 0.5) is 4.79 Å². The van der Waals surface area contributed by atoms with Crippen molar-refractivity contribution in [3.63, 3.8) is 0 Å². The van der Waals surface area contributed by atoms with Gasteiger partial charge in [-0.1, -0.05) is 41.5 Å². The minimum absolute atomic E-state index is 0.0351. The molecule has 0 aliphatic carbocycles. The highest BCUT2D eigenvalue weighted by atomic mass is 16.6. The van der Waals surface area contributed by atoms with Crippen LogP contribution >= 0.6 is 0 Å². The summed E-state index contributed by atoms with van der Waals surface area (Å²) in [6.07, 6.45) is 2.13. The first-order valence-electron chi connectivity index (χ1n) is 14.6. The van der Waals surface area contributed by atoms with Gasteiger partial charge in [0.2, 0.25) is 11.8 Å². The van der Waals surface area contributed by atoms with E-state index in [4.69, 9.17) is 4.74 Å². The lowest BCUT2D eigenvalue weighted by molar-refractivity contribution is -0.143. The highest BCUT2D eigenvalue weighted by molar-refractivity contribution is 5.87. The number of aliphatic hydroxyl groups is 1.